The standard InChI is InChI=1S/C15H31N3O/c1-4-17(5-2)14(19)12-18(6-3)15(13-16)10-8-7-9-11-15/h4-13,16H2,1-3H3. The Morgan fingerprint density at radius 1 is 1.05 bits per heavy atom. The van der Waals surface area contributed by atoms with Gasteiger partial charge in [0.15, 0.2) is 0 Å². The van der Waals surface area contributed by atoms with Crippen LogP contribution in [0, 0.1) is 0 Å². The van der Waals surface area contributed by atoms with Crippen molar-refractivity contribution in [3.8, 4) is 0 Å². The minimum absolute atomic E-state index is 0.0653. The number of carbonyl (C=O) groups is 1. The summed E-state index contributed by atoms with van der Waals surface area (Å²) in [6.45, 7) is 9.91. The van der Waals surface area contributed by atoms with Gasteiger partial charge in [-0.25, -0.2) is 0 Å². The van der Waals surface area contributed by atoms with Crippen LogP contribution in [0.2, 0.25) is 0 Å². The van der Waals surface area contributed by atoms with Crippen LogP contribution in [0.3, 0.4) is 0 Å². The van der Waals surface area contributed by atoms with Gasteiger partial charge < -0.3 is 10.6 Å². The molecule has 0 bridgehead atoms. The zero-order valence-corrected chi connectivity index (χ0v) is 13.0. The molecule has 0 aliphatic heterocycles. The number of rotatable bonds is 7. The van der Waals surface area contributed by atoms with Gasteiger partial charge in [0.2, 0.25) is 5.91 Å². The van der Waals surface area contributed by atoms with E-state index in [2.05, 4.69) is 11.8 Å². The molecule has 1 aliphatic carbocycles. The molecule has 1 fully saturated rings. The lowest BCUT2D eigenvalue weighted by Crippen LogP contribution is -2.57. The second kappa shape index (κ2) is 7.85. The second-order valence-corrected chi connectivity index (χ2v) is 5.57. The molecule has 0 heterocycles. The number of amides is 1. The van der Waals surface area contributed by atoms with Gasteiger partial charge in [0.1, 0.15) is 0 Å². The van der Waals surface area contributed by atoms with Gasteiger partial charge in [-0.05, 0) is 33.2 Å². The van der Waals surface area contributed by atoms with Crippen molar-refractivity contribution in [1.82, 2.24) is 9.80 Å². The minimum atomic E-state index is 0.0653. The van der Waals surface area contributed by atoms with Crippen molar-refractivity contribution < 1.29 is 4.79 Å². The van der Waals surface area contributed by atoms with Crippen LogP contribution in [0.1, 0.15) is 52.9 Å². The minimum Gasteiger partial charge on any atom is -0.342 e. The molecule has 0 radical (unpaired) electrons. The molecule has 0 spiro atoms. The Morgan fingerprint density at radius 3 is 2.05 bits per heavy atom. The number of likely N-dealkylation sites (N-methyl/N-ethyl adjacent to an activating group) is 2. The van der Waals surface area contributed by atoms with Crippen LogP contribution < -0.4 is 5.73 Å². The Bertz CT molecular complexity index is 271. The smallest absolute Gasteiger partial charge is 0.236 e. The monoisotopic (exact) mass is 269 g/mol. The van der Waals surface area contributed by atoms with E-state index in [0.29, 0.717) is 13.1 Å². The average molecular weight is 269 g/mol. The summed E-state index contributed by atoms with van der Waals surface area (Å²) in [7, 11) is 0. The summed E-state index contributed by atoms with van der Waals surface area (Å²) in [5, 5.41) is 0. The quantitative estimate of drug-likeness (QED) is 0.767. The van der Waals surface area contributed by atoms with Crippen LogP contribution in [0.15, 0.2) is 0 Å². The van der Waals surface area contributed by atoms with Crippen molar-refractivity contribution in [3.63, 3.8) is 0 Å². The summed E-state index contributed by atoms with van der Waals surface area (Å²) >= 11 is 0. The third kappa shape index (κ3) is 3.93. The van der Waals surface area contributed by atoms with E-state index in [1.165, 1.54) is 19.3 Å². The Morgan fingerprint density at radius 2 is 1.63 bits per heavy atom. The van der Waals surface area contributed by atoms with Gasteiger partial charge >= 0.3 is 0 Å². The predicted molar refractivity (Wildman–Crippen MR) is 80.0 cm³/mol. The number of hydrogen-bond acceptors (Lipinski definition) is 3. The molecular formula is C15H31N3O. The topological polar surface area (TPSA) is 49.6 Å². The second-order valence-electron chi connectivity index (χ2n) is 5.57. The van der Waals surface area contributed by atoms with Crippen LogP contribution in [0.4, 0.5) is 0 Å². The van der Waals surface area contributed by atoms with Crippen LogP contribution >= 0.6 is 0 Å². The lowest BCUT2D eigenvalue weighted by molar-refractivity contribution is -0.134. The highest BCUT2D eigenvalue weighted by Gasteiger charge is 2.37. The van der Waals surface area contributed by atoms with E-state index in [9.17, 15) is 4.79 Å². The van der Waals surface area contributed by atoms with E-state index in [1.807, 2.05) is 18.7 Å². The number of nitrogens with zero attached hydrogens (tertiary/aromatic N) is 2. The number of hydrogen-bond donors (Lipinski definition) is 1. The highest BCUT2D eigenvalue weighted by atomic mass is 16.2. The molecule has 4 heteroatoms. The van der Waals surface area contributed by atoms with Crippen molar-refractivity contribution in [1.29, 1.82) is 0 Å². The predicted octanol–water partition coefficient (Wildman–Crippen LogP) is 1.84. The van der Waals surface area contributed by atoms with Gasteiger partial charge in [-0.3, -0.25) is 9.69 Å². The van der Waals surface area contributed by atoms with Crippen molar-refractivity contribution in [2.75, 3.05) is 32.7 Å². The van der Waals surface area contributed by atoms with E-state index in [0.717, 1.165) is 32.5 Å². The van der Waals surface area contributed by atoms with Crippen LogP contribution in [0.25, 0.3) is 0 Å². The van der Waals surface area contributed by atoms with Gasteiger partial charge in [0, 0.05) is 25.2 Å². The average Bonchev–Trinajstić information content (AvgIpc) is 2.46. The highest BCUT2D eigenvalue weighted by Crippen LogP contribution is 2.32. The highest BCUT2D eigenvalue weighted by molar-refractivity contribution is 5.78. The summed E-state index contributed by atoms with van der Waals surface area (Å²) in [6, 6.07) is 0. The molecule has 0 unspecified atom stereocenters. The molecule has 1 saturated carbocycles. The van der Waals surface area contributed by atoms with Crippen LogP contribution in [-0.2, 0) is 4.79 Å². The Labute approximate surface area is 118 Å². The SMILES string of the molecule is CCN(CC)C(=O)CN(CC)C1(CN)CCCCC1. The van der Waals surface area contributed by atoms with Crippen molar-refractivity contribution in [2.45, 2.75) is 58.4 Å². The summed E-state index contributed by atoms with van der Waals surface area (Å²) < 4.78 is 0. The van der Waals surface area contributed by atoms with E-state index in [1.54, 1.807) is 0 Å². The van der Waals surface area contributed by atoms with E-state index in [4.69, 9.17) is 5.73 Å². The van der Waals surface area contributed by atoms with Crippen molar-refractivity contribution >= 4 is 5.91 Å². The first-order valence-electron chi connectivity index (χ1n) is 7.86. The summed E-state index contributed by atoms with van der Waals surface area (Å²) in [5.74, 6) is 0.241. The fraction of sp³-hybridized carbons (Fsp3) is 0.933. The lowest BCUT2D eigenvalue weighted by atomic mass is 9.80. The molecule has 4 nitrogen and oxygen atoms in total. The molecule has 112 valence electrons. The number of carbonyl (C=O) groups excluding carboxylic acids is 1. The third-order valence-corrected chi connectivity index (χ3v) is 4.66. The van der Waals surface area contributed by atoms with Gasteiger partial charge in [-0.2, -0.15) is 0 Å². The van der Waals surface area contributed by atoms with Gasteiger partial charge in [0.05, 0.1) is 6.54 Å². The van der Waals surface area contributed by atoms with E-state index < -0.39 is 0 Å². The first kappa shape index (κ1) is 16.4. The first-order chi connectivity index (χ1) is 9.13. The fourth-order valence-corrected chi connectivity index (χ4v) is 3.31. The molecule has 19 heavy (non-hydrogen) atoms. The molecule has 0 aromatic carbocycles. The lowest BCUT2D eigenvalue weighted by Gasteiger charge is -2.45. The maximum Gasteiger partial charge on any atom is 0.236 e. The van der Waals surface area contributed by atoms with Gasteiger partial charge in [0.25, 0.3) is 0 Å². The molecule has 0 aromatic heterocycles. The van der Waals surface area contributed by atoms with Crippen molar-refractivity contribution in [2.24, 2.45) is 5.73 Å². The van der Waals surface area contributed by atoms with Gasteiger partial charge in [-0.15, -0.1) is 0 Å². The first-order valence-corrected chi connectivity index (χ1v) is 7.86. The van der Waals surface area contributed by atoms with E-state index >= 15 is 0 Å². The summed E-state index contributed by atoms with van der Waals surface area (Å²) in [6.07, 6.45) is 6.08. The molecule has 0 saturated heterocycles. The van der Waals surface area contributed by atoms with Crippen molar-refractivity contribution in [3.05, 3.63) is 0 Å². The normalized spacial score (nSPS) is 18.6. The molecule has 1 rings (SSSR count). The van der Waals surface area contributed by atoms with Crippen LogP contribution in [-0.4, -0.2) is 54.0 Å². The summed E-state index contributed by atoms with van der Waals surface area (Å²) in [4.78, 5) is 16.6. The van der Waals surface area contributed by atoms with E-state index in [-0.39, 0.29) is 11.4 Å². The maximum absolute atomic E-state index is 12.3. The molecule has 1 amide bonds. The Balaban J connectivity index is 2.72. The number of nitrogens with two attached hydrogens (primary N) is 1. The molecule has 0 aromatic rings. The Kier molecular flexibility index (Phi) is 6.80. The maximum atomic E-state index is 12.3. The molecule has 2 N–H and O–H groups in total. The third-order valence-electron chi connectivity index (χ3n) is 4.66. The largest absolute Gasteiger partial charge is 0.342 e. The molecule has 0 atom stereocenters. The fourth-order valence-electron chi connectivity index (χ4n) is 3.31. The zero-order valence-electron chi connectivity index (χ0n) is 13.0. The zero-order chi connectivity index (χ0) is 14.3. The Hall–Kier alpha value is -0.610. The molecular weight excluding hydrogens is 238 g/mol. The summed E-state index contributed by atoms with van der Waals surface area (Å²) in [5.41, 5.74) is 6.13. The van der Waals surface area contributed by atoms with Gasteiger partial charge in [-0.1, -0.05) is 26.2 Å². The van der Waals surface area contributed by atoms with Crippen LogP contribution in [0.5, 0.6) is 0 Å². The molecule has 1 aliphatic rings.